The molecule has 2 heterocycles. The number of nitrogens with one attached hydrogen (secondary N) is 2. The van der Waals surface area contributed by atoms with Crippen molar-refractivity contribution >= 4 is 35.0 Å². The molecule has 42 heavy (non-hydrogen) atoms. The lowest BCUT2D eigenvalue weighted by atomic mass is 9.67. The van der Waals surface area contributed by atoms with E-state index in [-0.39, 0.29) is 23.5 Å². The third-order valence-electron chi connectivity index (χ3n) is 8.45. The Morgan fingerprint density at radius 3 is 2.38 bits per heavy atom. The SMILES string of the molecule is CCCC(C1=CC(NC(=O)c2ccco2)(c2ccccc2)C=CC1(C(=O)NC)N1CCCCC1)c1ccc(Cl)c(Cl)c1. The Kier molecular flexibility index (Phi) is 9.26. The maximum atomic E-state index is 14.2. The van der Waals surface area contributed by atoms with Crippen LogP contribution in [0.3, 0.4) is 0 Å². The molecule has 2 aromatic carbocycles. The zero-order valence-corrected chi connectivity index (χ0v) is 25.5. The molecule has 1 aliphatic heterocycles. The zero-order valence-electron chi connectivity index (χ0n) is 24.0. The summed E-state index contributed by atoms with van der Waals surface area (Å²) in [6, 6.07) is 18.9. The fourth-order valence-electron chi connectivity index (χ4n) is 6.41. The van der Waals surface area contributed by atoms with Gasteiger partial charge in [0.15, 0.2) is 5.76 Å². The molecule has 3 aromatic rings. The van der Waals surface area contributed by atoms with Crippen LogP contribution < -0.4 is 10.6 Å². The number of halogens is 2. The number of nitrogens with zero attached hydrogens (tertiary/aromatic N) is 1. The van der Waals surface area contributed by atoms with Crippen molar-refractivity contribution in [1.29, 1.82) is 0 Å². The third-order valence-corrected chi connectivity index (χ3v) is 9.19. The molecule has 1 aromatic heterocycles. The summed E-state index contributed by atoms with van der Waals surface area (Å²) in [5.41, 5.74) is 0.629. The van der Waals surface area contributed by atoms with Crippen molar-refractivity contribution in [3.8, 4) is 0 Å². The Morgan fingerprint density at radius 2 is 1.74 bits per heavy atom. The molecule has 0 spiro atoms. The second-order valence-corrected chi connectivity index (χ2v) is 11.8. The first-order chi connectivity index (χ1) is 20.3. The molecule has 8 heteroatoms. The van der Waals surface area contributed by atoms with Gasteiger partial charge in [-0.05, 0) is 79.4 Å². The fraction of sp³-hybridized carbons (Fsp3) is 0.353. The van der Waals surface area contributed by atoms with E-state index in [0.717, 1.165) is 61.9 Å². The summed E-state index contributed by atoms with van der Waals surface area (Å²) in [6.07, 6.45) is 12.3. The Labute approximate surface area is 257 Å². The van der Waals surface area contributed by atoms with Crippen molar-refractivity contribution in [3.05, 3.63) is 118 Å². The number of likely N-dealkylation sites (N-methyl/N-ethyl adjacent to an activating group) is 1. The average Bonchev–Trinajstić information content (AvgIpc) is 3.57. The summed E-state index contributed by atoms with van der Waals surface area (Å²) >= 11 is 12.9. The molecule has 0 bridgehead atoms. The van der Waals surface area contributed by atoms with Gasteiger partial charge in [0, 0.05) is 13.0 Å². The van der Waals surface area contributed by atoms with Gasteiger partial charge < -0.3 is 15.1 Å². The van der Waals surface area contributed by atoms with E-state index in [1.165, 1.54) is 6.26 Å². The molecule has 0 saturated carbocycles. The van der Waals surface area contributed by atoms with Crippen LogP contribution in [0.4, 0.5) is 0 Å². The lowest BCUT2D eigenvalue weighted by molar-refractivity contribution is -0.129. The molecule has 1 aliphatic carbocycles. The highest BCUT2D eigenvalue weighted by Gasteiger charge is 2.51. The van der Waals surface area contributed by atoms with Crippen molar-refractivity contribution in [3.63, 3.8) is 0 Å². The van der Waals surface area contributed by atoms with Crippen molar-refractivity contribution in [2.45, 2.75) is 56.0 Å². The summed E-state index contributed by atoms with van der Waals surface area (Å²) in [7, 11) is 1.69. The van der Waals surface area contributed by atoms with E-state index in [1.807, 2.05) is 60.7 Å². The molecular formula is C34H37Cl2N3O3. The van der Waals surface area contributed by atoms with Gasteiger partial charge in [-0.15, -0.1) is 0 Å². The molecule has 2 amide bonds. The van der Waals surface area contributed by atoms with Crippen LogP contribution in [0.15, 0.2) is 95.1 Å². The smallest absolute Gasteiger partial charge is 0.288 e. The van der Waals surface area contributed by atoms with E-state index >= 15 is 0 Å². The van der Waals surface area contributed by atoms with Crippen LogP contribution in [0.1, 0.15) is 66.6 Å². The van der Waals surface area contributed by atoms with Crippen molar-refractivity contribution < 1.29 is 14.0 Å². The van der Waals surface area contributed by atoms with E-state index in [2.05, 4.69) is 28.5 Å². The topological polar surface area (TPSA) is 74.6 Å². The molecule has 0 radical (unpaired) electrons. The molecule has 5 rings (SSSR count). The van der Waals surface area contributed by atoms with Gasteiger partial charge >= 0.3 is 0 Å². The molecule has 1 saturated heterocycles. The molecule has 6 nitrogen and oxygen atoms in total. The minimum atomic E-state index is -1.06. The lowest BCUT2D eigenvalue weighted by Gasteiger charge is -2.50. The first-order valence-corrected chi connectivity index (χ1v) is 15.4. The number of hydrogen-bond donors (Lipinski definition) is 2. The molecule has 3 atom stereocenters. The van der Waals surface area contributed by atoms with Gasteiger partial charge in [0.1, 0.15) is 11.1 Å². The highest BCUT2D eigenvalue weighted by Crippen LogP contribution is 2.47. The molecule has 220 valence electrons. The lowest BCUT2D eigenvalue weighted by Crippen LogP contribution is -2.62. The average molecular weight is 607 g/mol. The molecule has 2 N–H and O–H groups in total. The number of piperidine rings is 1. The van der Waals surface area contributed by atoms with Gasteiger partial charge in [-0.3, -0.25) is 14.5 Å². The van der Waals surface area contributed by atoms with Gasteiger partial charge in [0.05, 0.1) is 16.3 Å². The van der Waals surface area contributed by atoms with Crippen LogP contribution in [-0.4, -0.2) is 42.4 Å². The van der Waals surface area contributed by atoms with Gasteiger partial charge in [0.25, 0.3) is 5.91 Å². The fourth-order valence-corrected chi connectivity index (χ4v) is 6.72. The molecule has 3 unspecified atom stereocenters. The maximum Gasteiger partial charge on any atom is 0.288 e. The van der Waals surface area contributed by atoms with Crippen molar-refractivity contribution in [2.24, 2.45) is 0 Å². The predicted octanol–water partition coefficient (Wildman–Crippen LogP) is 7.26. The number of carbonyl (C=O) groups is 2. The zero-order chi connectivity index (χ0) is 29.7. The first-order valence-electron chi connectivity index (χ1n) is 14.6. The number of benzene rings is 2. The van der Waals surface area contributed by atoms with Crippen LogP contribution >= 0.6 is 23.2 Å². The third kappa shape index (κ3) is 5.68. The summed E-state index contributed by atoms with van der Waals surface area (Å²) in [5.74, 6) is -0.428. The Morgan fingerprint density at radius 1 is 0.976 bits per heavy atom. The Bertz CT molecular complexity index is 1460. The van der Waals surface area contributed by atoms with E-state index in [4.69, 9.17) is 27.6 Å². The molecular weight excluding hydrogens is 569 g/mol. The number of likely N-dealkylation sites (tertiary alicyclic amines) is 1. The summed E-state index contributed by atoms with van der Waals surface area (Å²) < 4.78 is 5.46. The summed E-state index contributed by atoms with van der Waals surface area (Å²) in [4.78, 5) is 30.1. The summed E-state index contributed by atoms with van der Waals surface area (Å²) in [6.45, 7) is 3.70. The van der Waals surface area contributed by atoms with Gasteiger partial charge in [-0.2, -0.15) is 0 Å². The van der Waals surface area contributed by atoms with Crippen molar-refractivity contribution in [2.75, 3.05) is 20.1 Å². The highest BCUT2D eigenvalue weighted by molar-refractivity contribution is 6.42. The quantitative estimate of drug-likeness (QED) is 0.252. The number of hydrogen-bond acceptors (Lipinski definition) is 4. The minimum Gasteiger partial charge on any atom is -0.459 e. The largest absolute Gasteiger partial charge is 0.459 e. The maximum absolute atomic E-state index is 14.2. The normalized spacial score (nSPS) is 23.2. The van der Waals surface area contributed by atoms with Crippen LogP contribution in [0.25, 0.3) is 0 Å². The van der Waals surface area contributed by atoms with E-state index in [0.29, 0.717) is 10.0 Å². The monoisotopic (exact) mass is 605 g/mol. The van der Waals surface area contributed by atoms with E-state index in [9.17, 15) is 9.59 Å². The van der Waals surface area contributed by atoms with Gasteiger partial charge in [0.2, 0.25) is 5.91 Å². The molecule has 1 fully saturated rings. The standard InChI is InChI=1S/C34H37Cl2N3O3/c1-3-11-26(24-15-16-28(35)29(36)22-24)27-23-33(25-12-6-4-7-13-25,38-31(40)30-14-10-21-42-30)17-18-34(27,32(41)37-2)39-19-8-5-9-20-39/h4,6-7,10,12-18,21-23,26H,3,5,8-9,11,19-20H2,1-2H3,(H,37,41)(H,38,40). The number of carbonyl (C=O) groups excluding carboxylic acids is 2. The van der Waals surface area contributed by atoms with Gasteiger partial charge in [-0.25, -0.2) is 0 Å². The van der Waals surface area contributed by atoms with E-state index < -0.39 is 11.1 Å². The second-order valence-electron chi connectivity index (χ2n) is 11.0. The summed E-state index contributed by atoms with van der Waals surface area (Å²) in [5, 5.41) is 7.18. The predicted molar refractivity (Wildman–Crippen MR) is 168 cm³/mol. The molecule has 2 aliphatic rings. The van der Waals surface area contributed by atoms with Gasteiger partial charge in [-0.1, -0.05) is 91.5 Å². The first kappa shape index (κ1) is 30.1. The van der Waals surface area contributed by atoms with Crippen molar-refractivity contribution in [1.82, 2.24) is 15.5 Å². The van der Waals surface area contributed by atoms with Crippen LogP contribution in [0, 0.1) is 0 Å². The van der Waals surface area contributed by atoms with E-state index in [1.54, 1.807) is 19.2 Å². The highest BCUT2D eigenvalue weighted by atomic mass is 35.5. The number of amides is 2. The second kappa shape index (κ2) is 12.9. The number of rotatable bonds is 9. The van der Waals surface area contributed by atoms with Crippen LogP contribution in [0.5, 0.6) is 0 Å². The van der Waals surface area contributed by atoms with Crippen LogP contribution in [0.2, 0.25) is 10.0 Å². The minimum absolute atomic E-state index is 0.105. The van der Waals surface area contributed by atoms with Crippen LogP contribution in [-0.2, 0) is 10.3 Å². The Hall–Kier alpha value is -3.32. The Balaban J connectivity index is 1.78. The number of furan rings is 1.